The molecule has 4 aromatic carbocycles. The molecule has 5 N–H and O–H groups in total. The van der Waals surface area contributed by atoms with E-state index >= 15 is 0 Å². The van der Waals surface area contributed by atoms with Crippen LogP contribution >= 0.6 is 0 Å². The molecule has 1 aromatic heterocycles. The number of aliphatic hydroxyl groups is 1. The summed E-state index contributed by atoms with van der Waals surface area (Å²) in [5.74, 6) is -4.23. The number of benzene rings is 4. The van der Waals surface area contributed by atoms with Crippen molar-refractivity contribution in [1.82, 2.24) is 15.4 Å². The maximum Gasteiger partial charge on any atom is 0.309 e. The van der Waals surface area contributed by atoms with E-state index in [9.17, 15) is 28.6 Å². The number of amides is 1. The second-order valence-electron chi connectivity index (χ2n) is 13.9. The van der Waals surface area contributed by atoms with Crippen LogP contribution in [-0.2, 0) is 24.1 Å². The van der Waals surface area contributed by atoms with E-state index in [0.29, 0.717) is 19.0 Å². The van der Waals surface area contributed by atoms with Crippen molar-refractivity contribution in [3.8, 4) is 22.5 Å². The number of carboxylic acid groups (broad SMARTS) is 1. The summed E-state index contributed by atoms with van der Waals surface area (Å²) in [6.07, 6.45) is 2.77. The number of anilines is 1. The van der Waals surface area contributed by atoms with E-state index in [0.717, 1.165) is 31.0 Å². The number of fused-ring (bicyclic) bond motifs is 3. The lowest BCUT2D eigenvalue weighted by Gasteiger charge is -2.40. The summed E-state index contributed by atoms with van der Waals surface area (Å²) in [6, 6.07) is 24.9. The van der Waals surface area contributed by atoms with E-state index in [-0.39, 0.29) is 29.6 Å². The van der Waals surface area contributed by atoms with Crippen LogP contribution in [0.4, 0.5) is 14.5 Å². The summed E-state index contributed by atoms with van der Waals surface area (Å²) < 4.78 is 32.0. The normalized spacial score (nSPS) is 17.5. The van der Waals surface area contributed by atoms with Gasteiger partial charge in [0.15, 0.2) is 11.5 Å². The van der Waals surface area contributed by atoms with Gasteiger partial charge in [-0.3, -0.25) is 14.5 Å². The van der Waals surface area contributed by atoms with Crippen LogP contribution in [0.5, 0.6) is 0 Å². The molecule has 4 atom stereocenters. The number of nitrogens with two attached hydrogens (primary N) is 1. The highest BCUT2D eigenvalue weighted by atomic mass is 19.1. The van der Waals surface area contributed by atoms with Gasteiger partial charge in [0.05, 0.1) is 17.6 Å². The molecule has 1 aliphatic carbocycles. The number of hydrogen-bond donors (Lipinski definition) is 4. The van der Waals surface area contributed by atoms with Gasteiger partial charge >= 0.3 is 5.97 Å². The summed E-state index contributed by atoms with van der Waals surface area (Å²) in [5.41, 5.74) is 16.8. The highest BCUT2D eigenvalue weighted by Crippen LogP contribution is 2.42. The first-order valence-electron chi connectivity index (χ1n) is 17.8. The molecule has 2 heterocycles. The number of halogens is 2. The average Bonchev–Trinajstić information content (AvgIpc) is 3.78. The topological polar surface area (TPSA) is 142 Å². The smallest absolute Gasteiger partial charge is 0.309 e. The van der Waals surface area contributed by atoms with Crippen molar-refractivity contribution in [3.63, 3.8) is 0 Å². The van der Waals surface area contributed by atoms with Crippen molar-refractivity contribution in [2.75, 3.05) is 18.8 Å². The Kier molecular flexibility index (Phi) is 11.4. The van der Waals surface area contributed by atoms with Crippen LogP contribution in [0.3, 0.4) is 0 Å². The number of aromatic nitrogens is 1. The quantitative estimate of drug-likeness (QED) is 0.119. The number of aliphatic carboxylic acids is 1. The highest BCUT2D eigenvalue weighted by Gasteiger charge is 2.38. The number of nitrogens with zero attached hydrogens (tertiary/aromatic N) is 2. The molecule has 2 aliphatic rings. The van der Waals surface area contributed by atoms with Crippen molar-refractivity contribution in [1.29, 1.82) is 0 Å². The number of hydrogen-bond acceptors (Lipinski definition) is 7. The van der Waals surface area contributed by atoms with Crippen LogP contribution < -0.4 is 11.1 Å². The van der Waals surface area contributed by atoms with E-state index in [1.54, 1.807) is 6.92 Å². The number of piperidine rings is 1. The molecule has 1 fully saturated rings. The molecule has 0 saturated carbocycles. The van der Waals surface area contributed by atoms with Crippen molar-refractivity contribution in [2.24, 2.45) is 5.92 Å². The highest BCUT2D eigenvalue weighted by molar-refractivity contribution is 5.93. The lowest BCUT2D eigenvalue weighted by atomic mass is 9.90. The molecule has 0 spiro atoms. The maximum atomic E-state index is 13.9. The fourth-order valence-electron chi connectivity index (χ4n) is 7.25. The molecule has 1 saturated heterocycles. The Labute approximate surface area is 307 Å². The Balaban J connectivity index is 0.000000187. The molecule has 5 aromatic rings. The van der Waals surface area contributed by atoms with Gasteiger partial charge in [-0.05, 0) is 91.1 Å². The van der Waals surface area contributed by atoms with Crippen LogP contribution in [-0.4, -0.2) is 63.4 Å². The number of carboxylic acids is 1. The van der Waals surface area contributed by atoms with Gasteiger partial charge in [0, 0.05) is 49.4 Å². The van der Waals surface area contributed by atoms with Gasteiger partial charge < -0.3 is 25.8 Å². The van der Waals surface area contributed by atoms with E-state index in [2.05, 4.69) is 78.1 Å². The minimum Gasteiger partial charge on any atom is -0.481 e. The molecule has 0 radical (unpaired) electrons. The zero-order valence-electron chi connectivity index (χ0n) is 30.0. The second-order valence-corrected chi connectivity index (χ2v) is 13.9. The Morgan fingerprint density at radius 1 is 0.981 bits per heavy atom. The third kappa shape index (κ3) is 8.32. The van der Waals surface area contributed by atoms with E-state index < -0.39 is 41.6 Å². The zero-order valence-corrected chi connectivity index (χ0v) is 30.0. The second kappa shape index (κ2) is 16.1. The first kappa shape index (κ1) is 37.4. The molecule has 1 amide bonds. The summed E-state index contributed by atoms with van der Waals surface area (Å²) in [4.78, 5) is 26.2. The maximum absolute atomic E-state index is 13.9. The predicted octanol–water partition coefficient (Wildman–Crippen LogP) is 6.83. The predicted molar refractivity (Wildman–Crippen MR) is 199 cm³/mol. The average molecular weight is 723 g/mol. The molecule has 1 aliphatic heterocycles. The molecule has 7 rings (SSSR count). The van der Waals surface area contributed by atoms with Gasteiger partial charge in [0.2, 0.25) is 0 Å². The van der Waals surface area contributed by atoms with Crippen LogP contribution in [0.15, 0.2) is 89.5 Å². The molecule has 53 heavy (non-hydrogen) atoms. The summed E-state index contributed by atoms with van der Waals surface area (Å²) in [7, 11) is 0. The molecule has 276 valence electrons. The third-order valence-electron chi connectivity index (χ3n) is 10.5. The number of nitrogen functional groups attached to an aromatic ring is 1. The molecule has 11 heteroatoms. The van der Waals surface area contributed by atoms with Crippen molar-refractivity contribution in [3.05, 3.63) is 130 Å². The van der Waals surface area contributed by atoms with E-state index in [4.69, 9.17) is 10.3 Å². The minimum absolute atomic E-state index is 0.0481. The molecular formula is C42H44F2N4O5. The van der Waals surface area contributed by atoms with Crippen LogP contribution in [0.25, 0.3) is 22.5 Å². The number of nitrogens with one attached hydrogen (secondary N) is 1. The van der Waals surface area contributed by atoms with Crippen LogP contribution in [0.2, 0.25) is 0 Å². The van der Waals surface area contributed by atoms with E-state index in [1.165, 1.54) is 51.1 Å². The molecule has 9 nitrogen and oxygen atoms in total. The summed E-state index contributed by atoms with van der Waals surface area (Å²) >= 11 is 0. The van der Waals surface area contributed by atoms with Gasteiger partial charge in [-0.25, -0.2) is 8.78 Å². The first-order chi connectivity index (χ1) is 25.4. The third-order valence-corrected chi connectivity index (χ3v) is 10.5. The number of carbonyl (C=O) groups excluding carboxylic acids is 1. The van der Waals surface area contributed by atoms with Gasteiger partial charge in [0.1, 0.15) is 11.6 Å². The monoisotopic (exact) mass is 722 g/mol. The SMILES string of the molecule is C[C@H](O)[C@H](C)N1CC[C@H](NC(=O)c2cc(-c3ccc(F)cc3F)on2)[C@@H](C(=O)O)C1.Cc1cc2c(c(N)c1CCc1ccccc1)Cc1ccccc1-2. The number of rotatable bonds is 9. The Hall–Kier alpha value is -5.39. The fraction of sp³-hybridized carbons (Fsp3) is 0.310. The minimum atomic E-state index is -1.06. The molecular weight excluding hydrogens is 678 g/mol. The lowest BCUT2D eigenvalue weighted by Crippen LogP contribution is -2.56. The molecule has 0 bridgehead atoms. The lowest BCUT2D eigenvalue weighted by molar-refractivity contribution is -0.145. The number of carbonyl (C=O) groups is 2. The summed E-state index contributed by atoms with van der Waals surface area (Å²) in [6.45, 7) is 6.33. The van der Waals surface area contributed by atoms with Crippen molar-refractivity contribution < 1.29 is 33.1 Å². The van der Waals surface area contributed by atoms with Crippen molar-refractivity contribution >= 4 is 17.6 Å². The van der Waals surface area contributed by atoms with Gasteiger partial charge in [-0.15, -0.1) is 0 Å². The summed E-state index contributed by atoms with van der Waals surface area (Å²) in [5, 5.41) is 25.6. The Bertz CT molecular complexity index is 2100. The standard InChI is InChI=1S/C22H21N.C20H23F2N3O5/c1-15-13-20-19-10-6-5-9-17(19)14-21(20)22(23)18(15)12-11-16-7-3-2-4-8-16;1-10(11(2)26)25-6-5-16(14(9-25)20(28)29)23-19(27)17-8-18(30-24-17)13-4-3-12(21)7-15(13)22/h2-10,13H,11-12,14,23H2,1H3;3-4,7-8,10-11,14,16,26H,5-6,9H2,1-2H3,(H,23,27)(H,28,29)/t;10-,11-,14-,16-/m.0/s1. The number of aryl methyl sites for hydroxylation is 2. The Morgan fingerprint density at radius 3 is 2.43 bits per heavy atom. The van der Waals surface area contributed by atoms with Gasteiger partial charge in [-0.2, -0.15) is 0 Å². The van der Waals surface area contributed by atoms with E-state index in [1.807, 2.05) is 11.8 Å². The Morgan fingerprint density at radius 2 is 1.72 bits per heavy atom. The number of aliphatic hydroxyl groups excluding tert-OH is 1. The van der Waals surface area contributed by atoms with Crippen LogP contribution in [0, 0.1) is 24.5 Å². The number of likely N-dealkylation sites (tertiary alicyclic amines) is 1. The molecule has 0 unspecified atom stereocenters. The first-order valence-corrected chi connectivity index (χ1v) is 17.8. The largest absolute Gasteiger partial charge is 0.481 e. The fourth-order valence-corrected chi connectivity index (χ4v) is 7.25. The van der Waals surface area contributed by atoms with Gasteiger partial charge in [0.25, 0.3) is 5.91 Å². The van der Waals surface area contributed by atoms with Gasteiger partial charge in [-0.1, -0.05) is 65.8 Å². The van der Waals surface area contributed by atoms with Crippen LogP contribution in [0.1, 0.15) is 58.6 Å². The van der Waals surface area contributed by atoms with Crippen molar-refractivity contribution in [2.45, 2.75) is 64.6 Å². The zero-order chi connectivity index (χ0) is 37.8.